The Hall–Kier alpha value is -1.54. The number of hydrogen-bond acceptors (Lipinski definition) is 5. The number of aromatic nitrogens is 1. The molecule has 114 valence electrons. The van der Waals surface area contributed by atoms with E-state index in [0.717, 1.165) is 12.3 Å². The molecule has 0 unspecified atom stereocenters. The molecule has 0 aliphatic rings. The largest absolute Gasteiger partial charge is 0.433 e. The molecule has 0 aromatic carbocycles. The standard InChI is InChI=1S/C12H18F3N3O2/c1-19-5-3-18(4-6-20-2)10-7-11(12(13,14)15)17-8-9(10)16/h7-8H,3-6,16H2,1-2H3. The number of anilines is 2. The highest BCUT2D eigenvalue weighted by atomic mass is 19.4. The lowest BCUT2D eigenvalue weighted by Crippen LogP contribution is -2.31. The summed E-state index contributed by atoms with van der Waals surface area (Å²) in [5.41, 5.74) is 5.22. The van der Waals surface area contributed by atoms with Crippen LogP contribution in [0.5, 0.6) is 0 Å². The first-order chi connectivity index (χ1) is 9.40. The molecule has 1 aromatic heterocycles. The van der Waals surface area contributed by atoms with Crippen LogP contribution in [0.15, 0.2) is 12.3 Å². The molecule has 0 amide bonds. The number of nitrogens with zero attached hydrogens (tertiary/aromatic N) is 2. The summed E-state index contributed by atoms with van der Waals surface area (Å²) in [4.78, 5) is 4.99. The fourth-order valence-electron chi connectivity index (χ4n) is 1.64. The summed E-state index contributed by atoms with van der Waals surface area (Å²) in [6, 6.07) is 0.945. The van der Waals surface area contributed by atoms with Crippen molar-refractivity contribution in [2.45, 2.75) is 6.18 Å². The summed E-state index contributed by atoms with van der Waals surface area (Å²) in [5, 5.41) is 0. The summed E-state index contributed by atoms with van der Waals surface area (Å²) >= 11 is 0. The molecule has 1 rings (SSSR count). The zero-order valence-corrected chi connectivity index (χ0v) is 11.4. The number of halogens is 3. The van der Waals surface area contributed by atoms with E-state index in [1.165, 1.54) is 14.2 Å². The topological polar surface area (TPSA) is 60.6 Å². The van der Waals surface area contributed by atoms with Crippen LogP contribution in [0.3, 0.4) is 0 Å². The van der Waals surface area contributed by atoms with Crippen molar-refractivity contribution in [2.24, 2.45) is 0 Å². The zero-order chi connectivity index (χ0) is 15.2. The molecule has 0 fully saturated rings. The zero-order valence-electron chi connectivity index (χ0n) is 11.4. The molecule has 0 radical (unpaired) electrons. The Balaban J connectivity index is 3.03. The molecule has 0 saturated carbocycles. The van der Waals surface area contributed by atoms with Gasteiger partial charge in [-0.05, 0) is 6.07 Å². The third-order valence-electron chi connectivity index (χ3n) is 2.67. The maximum absolute atomic E-state index is 12.7. The van der Waals surface area contributed by atoms with Crippen LogP contribution in [0.1, 0.15) is 5.69 Å². The van der Waals surface area contributed by atoms with E-state index in [9.17, 15) is 13.2 Å². The number of methoxy groups -OCH3 is 2. The summed E-state index contributed by atoms with van der Waals surface area (Å²) in [6.07, 6.45) is -3.48. The lowest BCUT2D eigenvalue weighted by Gasteiger charge is -2.26. The first kappa shape index (κ1) is 16.5. The van der Waals surface area contributed by atoms with E-state index in [1.54, 1.807) is 4.90 Å². The highest BCUT2D eigenvalue weighted by molar-refractivity contribution is 5.67. The van der Waals surface area contributed by atoms with Crippen LogP contribution in [0.25, 0.3) is 0 Å². The number of hydrogen-bond donors (Lipinski definition) is 1. The van der Waals surface area contributed by atoms with Crippen LogP contribution in [0.2, 0.25) is 0 Å². The third-order valence-corrected chi connectivity index (χ3v) is 2.67. The number of nitrogens with two attached hydrogens (primary N) is 1. The molecule has 1 heterocycles. The van der Waals surface area contributed by atoms with Gasteiger partial charge in [0.25, 0.3) is 0 Å². The van der Waals surface area contributed by atoms with Gasteiger partial charge in [-0.15, -0.1) is 0 Å². The fourth-order valence-corrected chi connectivity index (χ4v) is 1.64. The minimum absolute atomic E-state index is 0.185. The molecule has 1 aromatic rings. The number of nitrogen functional groups attached to an aromatic ring is 1. The van der Waals surface area contributed by atoms with E-state index in [-0.39, 0.29) is 11.4 Å². The molecule has 0 saturated heterocycles. The van der Waals surface area contributed by atoms with E-state index >= 15 is 0 Å². The van der Waals surface area contributed by atoms with Crippen molar-refractivity contribution in [3.63, 3.8) is 0 Å². The third kappa shape index (κ3) is 4.53. The summed E-state index contributed by atoms with van der Waals surface area (Å²) in [7, 11) is 3.04. The van der Waals surface area contributed by atoms with Gasteiger partial charge in [-0.2, -0.15) is 13.2 Å². The van der Waals surface area contributed by atoms with Gasteiger partial charge in [-0.25, -0.2) is 4.98 Å². The number of pyridine rings is 1. The second-order valence-corrected chi connectivity index (χ2v) is 4.10. The Kier molecular flexibility index (Phi) is 6.03. The van der Waals surface area contributed by atoms with Crippen molar-refractivity contribution in [2.75, 3.05) is 51.2 Å². The van der Waals surface area contributed by atoms with Crippen molar-refractivity contribution >= 4 is 11.4 Å². The van der Waals surface area contributed by atoms with Crippen molar-refractivity contribution < 1.29 is 22.6 Å². The maximum Gasteiger partial charge on any atom is 0.433 e. The van der Waals surface area contributed by atoms with Crippen molar-refractivity contribution in [3.05, 3.63) is 18.0 Å². The Labute approximate surface area is 115 Å². The monoisotopic (exact) mass is 293 g/mol. The molecule has 0 aliphatic heterocycles. The lowest BCUT2D eigenvalue weighted by molar-refractivity contribution is -0.141. The smallest absolute Gasteiger partial charge is 0.396 e. The van der Waals surface area contributed by atoms with Crippen LogP contribution in [-0.4, -0.2) is 45.5 Å². The van der Waals surface area contributed by atoms with Gasteiger partial charge in [-0.3, -0.25) is 0 Å². The highest BCUT2D eigenvalue weighted by Crippen LogP contribution is 2.32. The minimum atomic E-state index is -4.50. The van der Waals surface area contributed by atoms with Gasteiger partial charge in [0.05, 0.1) is 30.8 Å². The second kappa shape index (κ2) is 7.30. The molecule has 5 nitrogen and oxygen atoms in total. The number of ether oxygens (including phenoxy) is 2. The van der Waals surface area contributed by atoms with E-state index in [2.05, 4.69) is 4.98 Å². The number of rotatable bonds is 7. The molecular weight excluding hydrogens is 275 g/mol. The van der Waals surface area contributed by atoms with E-state index in [0.29, 0.717) is 26.3 Å². The fraction of sp³-hybridized carbons (Fsp3) is 0.583. The van der Waals surface area contributed by atoms with Gasteiger partial charge < -0.3 is 20.1 Å². The average Bonchev–Trinajstić information content (AvgIpc) is 2.39. The summed E-state index contributed by atoms with van der Waals surface area (Å²) < 4.78 is 48.0. The molecule has 0 bridgehead atoms. The van der Waals surface area contributed by atoms with Crippen molar-refractivity contribution in [1.29, 1.82) is 0 Å². The predicted molar refractivity (Wildman–Crippen MR) is 69.6 cm³/mol. The second-order valence-electron chi connectivity index (χ2n) is 4.10. The van der Waals surface area contributed by atoms with Gasteiger partial charge in [0.1, 0.15) is 5.69 Å². The van der Waals surface area contributed by atoms with Crippen LogP contribution in [0.4, 0.5) is 24.5 Å². The lowest BCUT2D eigenvalue weighted by atomic mass is 10.2. The minimum Gasteiger partial charge on any atom is -0.396 e. The van der Waals surface area contributed by atoms with Crippen LogP contribution >= 0.6 is 0 Å². The van der Waals surface area contributed by atoms with E-state index in [4.69, 9.17) is 15.2 Å². The molecule has 8 heteroatoms. The van der Waals surface area contributed by atoms with Crippen LogP contribution in [-0.2, 0) is 15.7 Å². The van der Waals surface area contributed by atoms with Crippen molar-refractivity contribution in [3.8, 4) is 0 Å². The van der Waals surface area contributed by atoms with Gasteiger partial charge in [0.15, 0.2) is 0 Å². The molecule has 0 aliphatic carbocycles. The van der Waals surface area contributed by atoms with Gasteiger partial charge in [0.2, 0.25) is 0 Å². The molecular formula is C12H18F3N3O2. The SMILES string of the molecule is COCCN(CCOC)c1cc(C(F)(F)F)ncc1N. The summed E-state index contributed by atoms with van der Waals surface area (Å²) in [6.45, 7) is 1.55. The molecule has 0 atom stereocenters. The van der Waals surface area contributed by atoms with Gasteiger partial charge >= 0.3 is 6.18 Å². The normalized spacial score (nSPS) is 11.7. The highest BCUT2D eigenvalue weighted by Gasteiger charge is 2.33. The number of alkyl halides is 3. The van der Waals surface area contributed by atoms with Crippen LogP contribution < -0.4 is 10.6 Å². The first-order valence-electron chi connectivity index (χ1n) is 5.95. The predicted octanol–water partition coefficient (Wildman–Crippen LogP) is 1.78. The summed E-state index contributed by atoms with van der Waals surface area (Å²) in [5.74, 6) is 0. The van der Waals surface area contributed by atoms with Gasteiger partial charge in [-0.1, -0.05) is 0 Å². The average molecular weight is 293 g/mol. The molecule has 2 N–H and O–H groups in total. The Bertz CT molecular complexity index is 419. The maximum atomic E-state index is 12.7. The first-order valence-corrected chi connectivity index (χ1v) is 5.95. The van der Waals surface area contributed by atoms with E-state index < -0.39 is 11.9 Å². The van der Waals surface area contributed by atoms with E-state index in [1.807, 2.05) is 0 Å². The van der Waals surface area contributed by atoms with Crippen LogP contribution in [0, 0.1) is 0 Å². The quantitative estimate of drug-likeness (QED) is 0.830. The van der Waals surface area contributed by atoms with Crippen molar-refractivity contribution in [1.82, 2.24) is 4.98 Å². The van der Waals surface area contributed by atoms with Gasteiger partial charge in [0, 0.05) is 27.3 Å². The molecule has 0 spiro atoms. The Morgan fingerprint density at radius 2 is 1.75 bits per heavy atom. The molecule has 20 heavy (non-hydrogen) atoms. The Morgan fingerprint density at radius 1 is 1.20 bits per heavy atom. The Morgan fingerprint density at radius 3 is 2.20 bits per heavy atom.